The molecule has 0 saturated carbocycles. The van der Waals surface area contributed by atoms with E-state index in [2.05, 4.69) is 21.2 Å². The largest absolute Gasteiger partial charge is 0.493 e. The van der Waals surface area contributed by atoms with Crippen molar-refractivity contribution in [1.29, 1.82) is 0 Å². The Bertz CT molecular complexity index is 917. The van der Waals surface area contributed by atoms with Gasteiger partial charge in [-0.1, -0.05) is 52.3 Å². The molecule has 3 aromatic rings. The predicted octanol–water partition coefficient (Wildman–Crippen LogP) is 4.86. The van der Waals surface area contributed by atoms with Crippen LogP contribution in [0.25, 0.3) is 10.8 Å². The van der Waals surface area contributed by atoms with Gasteiger partial charge in [0.2, 0.25) is 0 Å². The molecule has 1 atom stereocenters. The lowest BCUT2D eigenvalue weighted by atomic mass is 9.99. The Kier molecular flexibility index (Phi) is 3.98. The Hall–Kier alpha value is -2.33. The maximum atomic E-state index is 12.9. The Morgan fingerprint density at radius 2 is 1.92 bits per heavy atom. The average Bonchev–Trinajstić information content (AvgIpc) is 2.61. The van der Waals surface area contributed by atoms with Gasteiger partial charge in [-0.3, -0.25) is 4.79 Å². The third-order valence-corrected chi connectivity index (χ3v) is 4.84. The van der Waals surface area contributed by atoms with Crippen molar-refractivity contribution in [3.63, 3.8) is 0 Å². The zero-order valence-corrected chi connectivity index (χ0v) is 14.5. The molecule has 0 aromatic heterocycles. The first-order chi connectivity index (χ1) is 11.7. The monoisotopic (exact) mass is 381 g/mol. The molecule has 0 bridgehead atoms. The summed E-state index contributed by atoms with van der Waals surface area (Å²) in [5, 5.41) is 5.21. The molecule has 1 N–H and O–H groups in total. The molecule has 0 spiro atoms. The molecule has 1 aliphatic rings. The van der Waals surface area contributed by atoms with E-state index in [0.717, 1.165) is 33.0 Å². The Morgan fingerprint density at radius 3 is 2.83 bits per heavy atom. The van der Waals surface area contributed by atoms with Crippen LogP contribution in [0.2, 0.25) is 0 Å². The predicted molar refractivity (Wildman–Crippen MR) is 98.4 cm³/mol. The third kappa shape index (κ3) is 2.78. The van der Waals surface area contributed by atoms with Crippen molar-refractivity contribution in [2.24, 2.45) is 0 Å². The van der Waals surface area contributed by atoms with Gasteiger partial charge in [0.05, 0.1) is 12.6 Å². The minimum atomic E-state index is -0.0513. The number of hydrogen-bond acceptors (Lipinski definition) is 2. The number of carbonyl (C=O) groups is 1. The second kappa shape index (κ2) is 6.29. The Balaban J connectivity index is 1.67. The molecule has 0 radical (unpaired) electrons. The first-order valence-electron chi connectivity index (χ1n) is 7.93. The second-order valence-corrected chi connectivity index (χ2v) is 6.79. The molecule has 1 aliphatic heterocycles. The van der Waals surface area contributed by atoms with E-state index in [1.165, 1.54) is 0 Å². The number of nitrogens with one attached hydrogen (secondary N) is 1. The highest BCUT2D eigenvalue weighted by atomic mass is 79.9. The van der Waals surface area contributed by atoms with E-state index >= 15 is 0 Å². The zero-order valence-electron chi connectivity index (χ0n) is 13.0. The minimum Gasteiger partial charge on any atom is -0.493 e. The van der Waals surface area contributed by atoms with E-state index < -0.39 is 0 Å². The van der Waals surface area contributed by atoms with Crippen molar-refractivity contribution < 1.29 is 9.53 Å². The summed E-state index contributed by atoms with van der Waals surface area (Å²) in [6.45, 7) is 0.606. The van der Waals surface area contributed by atoms with Crippen LogP contribution in [-0.2, 0) is 0 Å². The fourth-order valence-corrected chi connectivity index (χ4v) is 3.55. The molecular formula is C20H16BrNO2. The van der Waals surface area contributed by atoms with E-state index in [-0.39, 0.29) is 11.9 Å². The van der Waals surface area contributed by atoms with E-state index in [1.54, 1.807) is 0 Å². The number of rotatable bonds is 2. The summed E-state index contributed by atoms with van der Waals surface area (Å²) in [7, 11) is 0. The van der Waals surface area contributed by atoms with Gasteiger partial charge in [0.15, 0.2) is 0 Å². The molecular weight excluding hydrogens is 366 g/mol. The molecule has 0 fully saturated rings. The van der Waals surface area contributed by atoms with Crippen LogP contribution >= 0.6 is 15.9 Å². The summed E-state index contributed by atoms with van der Waals surface area (Å²) >= 11 is 3.49. The van der Waals surface area contributed by atoms with Crippen molar-refractivity contribution in [2.45, 2.75) is 12.5 Å². The number of ether oxygens (including phenoxy) is 1. The summed E-state index contributed by atoms with van der Waals surface area (Å²) in [6, 6.07) is 19.6. The summed E-state index contributed by atoms with van der Waals surface area (Å²) in [5.74, 6) is 0.789. The summed E-state index contributed by atoms with van der Waals surface area (Å²) in [6.07, 6.45) is 0.764. The van der Waals surface area contributed by atoms with Crippen molar-refractivity contribution in [1.82, 2.24) is 5.32 Å². The highest BCUT2D eigenvalue weighted by Crippen LogP contribution is 2.34. The van der Waals surface area contributed by atoms with Crippen LogP contribution in [0.4, 0.5) is 0 Å². The molecule has 24 heavy (non-hydrogen) atoms. The molecule has 3 aromatic carbocycles. The first kappa shape index (κ1) is 15.2. The fraction of sp³-hybridized carbons (Fsp3) is 0.150. The van der Waals surface area contributed by atoms with Gasteiger partial charge in [0, 0.05) is 22.0 Å². The Labute approximate surface area is 148 Å². The minimum absolute atomic E-state index is 0.0438. The summed E-state index contributed by atoms with van der Waals surface area (Å²) < 4.78 is 6.68. The van der Waals surface area contributed by atoms with E-state index in [9.17, 15) is 4.79 Å². The number of amides is 1. The molecule has 1 amide bonds. The van der Waals surface area contributed by atoms with Gasteiger partial charge in [-0.15, -0.1) is 0 Å². The van der Waals surface area contributed by atoms with Crippen molar-refractivity contribution in [3.8, 4) is 5.75 Å². The van der Waals surface area contributed by atoms with Crippen LogP contribution in [0.5, 0.6) is 5.75 Å². The van der Waals surface area contributed by atoms with Crippen LogP contribution in [0.1, 0.15) is 28.4 Å². The number of hydrogen-bond donors (Lipinski definition) is 1. The highest BCUT2D eigenvalue weighted by molar-refractivity contribution is 9.10. The van der Waals surface area contributed by atoms with Gasteiger partial charge in [0.1, 0.15) is 5.75 Å². The molecule has 4 rings (SSSR count). The van der Waals surface area contributed by atoms with Crippen LogP contribution < -0.4 is 10.1 Å². The smallest absolute Gasteiger partial charge is 0.252 e. The summed E-state index contributed by atoms with van der Waals surface area (Å²) in [5.41, 5.74) is 1.72. The average molecular weight is 382 g/mol. The lowest BCUT2D eigenvalue weighted by molar-refractivity contribution is 0.0926. The van der Waals surface area contributed by atoms with E-state index in [1.807, 2.05) is 60.7 Å². The topological polar surface area (TPSA) is 38.3 Å². The van der Waals surface area contributed by atoms with Gasteiger partial charge in [0.25, 0.3) is 5.91 Å². The van der Waals surface area contributed by atoms with Gasteiger partial charge in [-0.25, -0.2) is 0 Å². The molecule has 0 saturated heterocycles. The highest BCUT2D eigenvalue weighted by Gasteiger charge is 2.24. The molecule has 120 valence electrons. The second-order valence-electron chi connectivity index (χ2n) is 5.87. The van der Waals surface area contributed by atoms with Crippen LogP contribution in [0, 0.1) is 0 Å². The van der Waals surface area contributed by atoms with Crippen molar-refractivity contribution >= 4 is 32.6 Å². The number of halogens is 1. The van der Waals surface area contributed by atoms with Gasteiger partial charge in [-0.2, -0.15) is 0 Å². The van der Waals surface area contributed by atoms with Crippen LogP contribution in [0.3, 0.4) is 0 Å². The van der Waals surface area contributed by atoms with Gasteiger partial charge < -0.3 is 10.1 Å². The number of benzene rings is 3. The number of carbonyl (C=O) groups excluding carboxylic acids is 1. The first-order valence-corrected chi connectivity index (χ1v) is 8.72. The van der Waals surface area contributed by atoms with Gasteiger partial charge >= 0.3 is 0 Å². The van der Waals surface area contributed by atoms with Crippen LogP contribution in [-0.4, -0.2) is 12.5 Å². The van der Waals surface area contributed by atoms with Crippen molar-refractivity contribution in [3.05, 3.63) is 76.3 Å². The van der Waals surface area contributed by atoms with Gasteiger partial charge in [-0.05, 0) is 35.0 Å². The number of fused-ring (bicyclic) bond motifs is 2. The quantitative estimate of drug-likeness (QED) is 0.688. The van der Waals surface area contributed by atoms with Crippen LogP contribution in [0.15, 0.2) is 65.1 Å². The molecule has 4 heteroatoms. The van der Waals surface area contributed by atoms with E-state index in [4.69, 9.17) is 4.74 Å². The maximum Gasteiger partial charge on any atom is 0.252 e. The third-order valence-electron chi connectivity index (χ3n) is 4.35. The Morgan fingerprint density at radius 1 is 1.08 bits per heavy atom. The lowest BCUT2D eigenvalue weighted by Gasteiger charge is -2.27. The maximum absolute atomic E-state index is 12.9. The molecule has 0 aliphatic carbocycles. The zero-order chi connectivity index (χ0) is 16.5. The lowest BCUT2D eigenvalue weighted by Crippen LogP contribution is -2.32. The standard InChI is InChI=1S/C20H16BrNO2/c21-14-8-9-19-17(12-14)18(10-11-24-19)22-20(23)16-7-3-5-13-4-1-2-6-15(13)16/h1-9,12,18H,10-11H2,(H,22,23). The normalized spacial score (nSPS) is 16.3. The van der Waals surface area contributed by atoms with Crippen molar-refractivity contribution in [2.75, 3.05) is 6.61 Å². The molecule has 1 unspecified atom stereocenters. The van der Waals surface area contributed by atoms with E-state index in [0.29, 0.717) is 12.2 Å². The fourth-order valence-electron chi connectivity index (χ4n) is 3.17. The summed E-state index contributed by atoms with van der Waals surface area (Å²) in [4.78, 5) is 12.9. The molecule has 1 heterocycles. The molecule has 3 nitrogen and oxygen atoms in total. The SMILES string of the molecule is O=C(NC1CCOc2ccc(Br)cc21)c1cccc2ccccc12.